The standard InChI is InChI=1S/2C38H38N4O2S.C22H29NO2S.C16H11N3O/c1-7-9-24-42(25-10-8-2)30-18-16-28(35(26-30)43-6)17-19-31-20-21-32(45-31)22-23-33-36(41-5)37(34(27-39)40-4)44-38(33,3)29-14-12-11-13-15-29;1-6-8-23-42(24-9-7-2)31-17-15-28(35(25-31)43-5)16-18-32-19-20-33(45-32)21-22-34-36(41-4)37(29(26-39)27-40)44-38(34,3)30-13-11-10-12-14-30;1-4-6-14-23(15-7-5-2)19-10-8-18(22(16-19)25-3)9-11-20-12-13-21(17-24)26-20;1-11-14(10-19)15(12(8-17)9-18)20-16(11,2)13-6-4-3-5-7-13/h11-23,26H,7-10,24-25H2,1-3,6H3;10-22,25H,6-9,23-24H2,1-3,5H3;8-13,16-17H,4-7,14-15H2,1-3H3;3-7H,1-2H3/b19-17+,23-22+,37-34+;18-16+,22-21+;11-9+;. The molecule has 0 aliphatic carbocycles. The van der Waals surface area contributed by atoms with Gasteiger partial charge in [0.15, 0.2) is 34.6 Å². The van der Waals surface area contributed by atoms with E-state index in [4.69, 9.17) is 58.7 Å². The van der Waals surface area contributed by atoms with Crippen molar-refractivity contribution in [2.24, 2.45) is 0 Å². The van der Waals surface area contributed by atoms with Gasteiger partial charge in [0.05, 0.1) is 57.6 Å². The Bertz CT molecular complexity index is 6100. The Hall–Kier alpha value is -15.2. The number of methoxy groups -OCH3 is 3. The first-order chi connectivity index (χ1) is 66.1. The van der Waals surface area contributed by atoms with Gasteiger partial charge in [-0.2, -0.15) is 26.3 Å². The summed E-state index contributed by atoms with van der Waals surface area (Å²) in [6.45, 7) is 50.2. The molecule has 12 rings (SSSR count). The van der Waals surface area contributed by atoms with Crippen LogP contribution in [-0.4, -0.2) is 66.9 Å². The van der Waals surface area contributed by atoms with E-state index in [9.17, 15) is 25.8 Å². The van der Waals surface area contributed by atoms with Crippen LogP contribution in [0.15, 0.2) is 262 Å². The number of anilines is 3. The predicted octanol–water partition coefficient (Wildman–Crippen LogP) is 29.1. The van der Waals surface area contributed by atoms with Crippen LogP contribution in [-0.2, 0) is 31.0 Å². The maximum absolute atomic E-state index is 10.8. The first-order valence-electron chi connectivity index (χ1n) is 45.8. The van der Waals surface area contributed by atoms with Crippen molar-refractivity contribution >= 4 is 106 Å². The molecule has 0 spiro atoms. The number of carbonyl (C=O) groups is 1. The summed E-state index contributed by atoms with van der Waals surface area (Å²) in [7, 11) is 5.15. The molecule has 136 heavy (non-hydrogen) atoms. The minimum Gasteiger partial charge on any atom is -0.500 e. The number of hydrogen-bond acceptors (Lipinski definition) is 19. The number of nitrogens with zero attached hydrogens (tertiary/aromatic N) is 12. The largest absolute Gasteiger partial charge is 0.500 e. The molecule has 3 atom stereocenters. The lowest BCUT2D eigenvalue weighted by molar-refractivity contribution is 0.0727. The third-order valence-electron chi connectivity index (χ3n) is 23.5. The summed E-state index contributed by atoms with van der Waals surface area (Å²) in [6, 6.07) is 71.0. The lowest BCUT2D eigenvalue weighted by Crippen LogP contribution is -2.25. The van der Waals surface area contributed by atoms with Gasteiger partial charge < -0.3 is 43.1 Å². The molecule has 3 unspecified atom stereocenters. The molecule has 3 aliphatic rings. The highest BCUT2D eigenvalue weighted by atomic mass is 32.1. The van der Waals surface area contributed by atoms with E-state index in [1.165, 1.54) is 79.8 Å². The number of allylic oxidation sites excluding steroid dienone is 4. The second kappa shape index (κ2) is 52.9. The zero-order valence-electron chi connectivity index (χ0n) is 79.8. The highest BCUT2D eigenvalue weighted by molar-refractivity contribution is 7.14. The van der Waals surface area contributed by atoms with Crippen LogP contribution < -0.4 is 28.9 Å². The van der Waals surface area contributed by atoms with Crippen LogP contribution in [0, 0.1) is 87.7 Å². The number of carbonyl (C=O) groups excluding carboxylic acids is 1. The Morgan fingerprint density at radius 3 is 0.963 bits per heavy atom. The monoisotopic (exact) mass is 1860 g/mol. The van der Waals surface area contributed by atoms with Gasteiger partial charge in [-0.1, -0.05) is 183 Å². The summed E-state index contributed by atoms with van der Waals surface area (Å²) in [6.07, 6.45) is 35.0. The van der Waals surface area contributed by atoms with Gasteiger partial charge in [-0.3, -0.25) is 4.79 Å². The molecule has 0 saturated carbocycles. The minimum atomic E-state index is -1.03. The molecule has 6 aromatic carbocycles. The summed E-state index contributed by atoms with van der Waals surface area (Å²) in [4.78, 5) is 34.8. The van der Waals surface area contributed by atoms with Crippen molar-refractivity contribution in [3.05, 3.63) is 359 Å². The summed E-state index contributed by atoms with van der Waals surface area (Å²) in [5.41, 5.74) is 8.21. The number of benzene rings is 6. The van der Waals surface area contributed by atoms with Crippen molar-refractivity contribution < 1.29 is 33.2 Å². The Morgan fingerprint density at radius 1 is 0.382 bits per heavy atom. The predicted molar refractivity (Wildman–Crippen MR) is 554 cm³/mol. The van der Waals surface area contributed by atoms with Gasteiger partial charge in [0, 0.05) is 127 Å². The van der Waals surface area contributed by atoms with Gasteiger partial charge in [-0.25, -0.2) is 19.8 Å². The van der Waals surface area contributed by atoms with Crippen LogP contribution in [0.2, 0.25) is 0 Å². The van der Waals surface area contributed by atoms with E-state index in [0.717, 1.165) is 151 Å². The van der Waals surface area contributed by atoms with Gasteiger partial charge in [0.2, 0.25) is 11.4 Å². The number of unbranched alkanes of at least 4 members (excludes halogenated alkanes) is 6. The van der Waals surface area contributed by atoms with Gasteiger partial charge in [-0.05, 0) is 210 Å². The van der Waals surface area contributed by atoms with Crippen molar-refractivity contribution in [2.75, 3.05) is 75.3 Å². The second-order valence-electron chi connectivity index (χ2n) is 32.5. The smallest absolute Gasteiger partial charge is 0.292 e. The average Bonchev–Trinajstić information content (AvgIpc) is 1.61. The van der Waals surface area contributed by atoms with E-state index in [1.54, 1.807) is 63.1 Å². The molecule has 3 aromatic heterocycles. The molecule has 0 bridgehead atoms. The van der Waals surface area contributed by atoms with E-state index in [0.29, 0.717) is 16.7 Å². The first-order valence-corrected chi connectivity index (χ1v) is 48.2. The van der Waals surface area contributed by atoms with E-state index in [1.807, 2.05) is 197 Å². The Labute approximate surface area is 816 Å². The fourth-order valence-electron chi connectivity index (χ4n) is 15.5. The number of hydrogen-bond donors (Lipinski definition) is 0. The third-order valence-corrected chi connectivity index (χ3v) is 26.5. The second-order valence-corrected chi connectivity index (χ2v) is 35.9. The van der Waals surface area contributed by atoms with E-state index >= 15 is 0 Å². The topological polar surface area (TPSA) is 238 Å². The summed E-state index contributed by atoms with van der Waals surface area (Å²) in [5, 5.41) is 55.9. The molecule has 9 aromatic rings. The van der Waals surface area contributed by atoms with Crippen molar-refractivity contribution in [3.63, 3.8) is 0 Å². The molecule has 22 heteroatoms. The van der Waals surface area contributed by atoms with Gasteiger partial charge in [0.1, 0.15) is 64.6 Å². The highest BCUT2D eigenvalue weighted by Crippen LogP contribution is 2.51. The van der Waals surface area contributed by atoms with Crippen LogP contribution in [0.5, 0.6) is 17.2 Å². The number of aldehydes is 1. The number of ether oxygens (including phenoxy) is 6. The minimum absolute atomic E-state index is 0.0228. The fraction of sp³-hybridized carbons (Fsp3) is 0.298. The lowest BCUT2D eigenvalue weighted by Gasteiger charge is -2.28. The highest BCUT2D eigenvalue weighted by Gasteiger charge is 2.46. The van der Waals surface area contributed by atoms with E-state index < -0.39 is 16.8 Å². The van der Waals surface area contributed by atoms with Crippen molar-refractivity contribution in [1.82, 2.24) is 0 Å². The van der Waals surface area contributed by atoms with Crippen LogP contribution in [0.3, 0.4) is 0 Å². The normalized spacial score (nSPS) is 16.1. The van der Waals surface area contributed by atoms with Crippen LogP contribution >= 0.6 is 34.0 Å². The molecule has 0 N–H and O–H groups in total. The van der Waals surface area contributed by atoms with Crippen molar-refractivity contribution in [2.45, 2.75) is 163 Å². The molecule has 3 aliphatic heterocycles. The molecule has 0 fully saturated rings. The summed E-state index contributed by atoms with van der Waals surface area (Å²) < 4.78 is 35.5. The van der Waals surface area contributed by atoms with Crippen molar-refractivity contribution in [1.29, 1.82) is 31.6 Å². The molecule has 6 heterocycles. The summed E-state index contributed by atoms with van der Waals surface area (Å²) >= 11 is 4.72. The van der Waals surface area contributed by atoms with Crippen LogP contribution in [0.25, 0.3) is 63.1 Å². The quantitative estimate of drug-likeness (QED) is 0.0199. The van der Waals surface area contributed by atoms with E-state index in [-0.39, 0.29) is 51.1 Å². The van der Waals surface area contributed by atoms with Crippen molar-refractivity contribution in [3.8, 4) is 53.7 Å². The van der Waals surface area contributed by atoms with Crippen LogP contribution in [0.1, 0.15) is 214 Å². The molecule has 0 amide bonds. The SMILES string of the molecule is CC1=C(C#N)C(=C(C#N)C#N)OC1(C)c1ccccc1.CCCCN(CCCC)c1ccc(/C=C/c2ccc(C=O)s2)c(OC)c1.[C-]#[N+]C1=C(/C=C/c2ccc(/C=C/c3ccc(N(CCCC)CCCC)cc3OC)s2)C(C)(c2ccccc2)O/C1=C(\C#N)[N+]#[C-].[C-]#[N+]C1=C(/C=C/c2ccc(/C=C/c3ccc(N(CCCC)CCCC)cc3OC)s2)C(C)(c2ccccc2)OC1=C(C#N)C#N. The van der Waals surface area contributed by atoms with Crippen LogP contribution in [0.4, 0.5) is 17.1 Å². The van der Waals surface area contributed by atoms with Gasteiger partial charge in [-0.15, -0.1) is 34.0 Å². The zero-order valence-corrected chi connectivity index (χ0v) is 82.3. The maximum Gasteiger partial charge on any atom is 0.292 e. The Morgan fingerprint density at radius 2 is 0.676 bits per heavy atom. The number of thiophene rings is 3. The number of rotatable bonds is 38. The Balaban J connectivity index is 0.000000213. The molecule has 0 radical (unpaired) electrons. The first kappa shape index (κ1) is 105. The fourth-order valence-corrected chi connectivity index (χ4v) is 17.9. The number of nitriles is 6. The van der Waals surface area contributed by atoms with Gasteiger partial charge >= 0.3 is 0 Å². The summed E-state index contributed by atoms with van der Waals surface area (Å²) in [5.74, 6) is 2.69. The molecular formula is C114H116N12O7S3. The molecule has 692 valence electrons. The lowest BCUT2D eigenvalue weighted by atomic mass is 9.87. The third kappa shape index (κ3) is 26.7. The van der Waals surface area contributed by atoms with Gasteiger partial charge in [0.25, 0.3) is 5.70 Å². The maximum atomic E-state index is 10.8. The molecular weight excluding hydrogens is 1750 g/mol. The molecule has 0 saturated heterocycles. The molecule has 19 nitrogen and oxygen atoms in total. The average molecular weight is 1860 g/mol. The zero-order chi connectivity index (χ0) is 98.0. The Kier molecular flexibility index (Phi) is 40.7. The van der Waals surface area contributed by atoms with E-state index in [2.05, 4.69) is 162 Å².